The van der Waals surface area contributed by atoms with Gasteiger partial charge in [-0.1, -0.05) is 34.4 Å². The molecule has 124 valence electrons. The van der Waals surface area contributed by atoms with Gasteiger partial charge in [-0.15, -0.1) is 0 Å². The Morgan fingerprint density at radius 1 is 1.30 bits per heavy atom. The van der Waals surface area contributed by atoms with Crippen molar-refractivity contribution >= 4 is 29.2 Å². The summed E-state index contributed by atoms with van der Waals surface area (Å²) in [6, 6.07) is 5.57. The molecule has 1 heterocycles. The van der Waals surface area contributed by atoms with E-state index in [1.807, 2.05) is 12.1 Å². The number of benzene rings is 1. The molecular weight excluding hydrogens is 337 g/mol. The molecule has 0 aliphatic heterocycles. The first-order valence-electron chi connectivity index (χ1n) is 7.26. The number of aliphatic imine (C=N–C) groups is 1. The number of aromatic nitrogens is 2. The molecule has 6 nitrogen and oxygen atoms in total. The lowest BCUT2D eigenvalue weighted by atomic mass is 10.1. The van der Waals surface area contributed by atoms with Crippen LogP contribution in [-0.4, -0.2) is 29.7 Å². The molecule has 1 aromatic carbocycles. The van der Waals surface area contributed by atoms with Gasteiger partial charge in [-0.2, -0.15) is 4.98 Å². The van der Waals surface area contributed by atoms with Crippen molar-refractivity contribution in [3.8, 4) is 0 Å². The predicted octanol–water partition coefficient (Wildman–Crippen LogP) is 2.98. The number of halogens is 2. The highest BCUT2D eigenvalue weighted by molar-refractivity contribution is 6.35. The van der Waals surface area contributed by atoms with Gasteiger partial charge in [0.25, 0.3) is 0 Å². The van der Waals surface area contributed by atoms with Crippen LogP contribution in [0.5, 0.6) is 0 Å². The summed E-state index contributed by atoms with van der Waals surface area (Å²) >= 11 is 12.0. The topological polar surface area (TPSA) is 75.3 Å². The molecule has 0 amide bonds. The molecule has 0 saturated carbocycles. The zero-order valence-corrected chi connectivity index (χ0v) is 14.6. The number of aryl methyl sites for hydroxylation is 2. The van der Waals surface area contributed by atoms with Crippen LogP contribution in [0.1, 0.15) is 23.7 Å². The number of hydrogen-bond acceptors (Lipinski definition) is 4. The van der Waals surface area contributed by atoms with Crippen LogP contribution in [0.3, 0.4) is 0 Å². The van der Waals surface area contributed by atoms with E-state index in [9.17, 15) is 0 Å². The third-order valence-electron chi connectivity index (χ3n) is 3.13. The first kappa shape index (κ1) is 17.6. The Hall–Kier alpha value is -1.79. The van der Waals surface area contributed by atoms with Gasteiger partial charge in [-0.05, 0) is 37.5 Å². The normalized spacial score (nSPS) is 11.6. The molecule has 2 rings (SSSR count). The molecule has 23 heavy (non-hydrogen) atoms. The number of nitrogens with zero attached hydrogens (tertiary/aromatic N) is 3. The molecule has 2 aromatic rings. The van der Waals surface area contributed by atoms with Crippen LogP contribution in [0.15, 0.2) is 27.7 Å². The monoisotopic (exact) mass is 355 g/mol. The molecule has 0 bridgehead atoms. The van der Waals surface area contributed by atoms with Gasteiger partial charge in [-0.25, -0.2) is 0 Å². The number of rotatable bonds is 6. The molecular formula is C15H19Cl2N5O. The van der Waals surface area contributed by atoms with Crippen LogP contribution in [0.25, 0.3) is 0 Å². The molecule has 2 N–H and O–H groups in total. The van der Waals surface area contributed by atoms with E-state index in [0.717, 1.165) is 24.9 Å². The molecule has 0 unspecified atom stereocenters. The third-order valence-corrected chi connectivity index (χ3v) is 3.72. The highest BCUT2D eigenvalue weighted by atomic mass is 35.5. The highest BCUT2D eigenvalue weighted by Gasteiger charge is 2.05. The first-order chi connectivity index (χ1) is 11.1. The third kappa shape index (κ3) is 5.73. The second kappa shape index (κ2) is 8.74. The Morgan fingerprint density at radius 2 is 2.13 bits per heavy atom. The maximum atomic E-state index is 6.15. The van der Waals surface area contributed by atoms with Gasteiger partial charge in [0.15, 0.2) is 11.8 Å². The Kier molecular flexibility index (Phi) is 6.67. The summed E-state index contributed by atoms with van der Waals surface area (Å²) in [6.45, 7) is 2.98. The molecule has 0 spiro atoms. The van der Waals surface area contributed by atoms with Gasteiger partial charge in [0.05, 0.1) is 6.54 Å². The van der Waals surface area contributed by atoms with Crippen molar-refractivity contribution in [2.24, 2.45) is 4.99 Å². The fraction of sp³-hybridized carbons (Fsp3) is 0.400. The molecule has 0 aliphatic carbocycles. The lowest BCUT2D eigenvalue weighted by molar-refractivity contribution is 0.371. The van der Waals surface area contributed by atoms with Crippen LogP contribution >= 0.6 is 23.2 Å². The fourth-order valence-corrected chi connectivity index (χ4v) is 2.50. The summed E-state index contributed by atoms with van der Waals surface area (Å²) in [7, 11) is 1.71. The van der Waals surface area contributed by atoms with E-state index in [2.05, 4.69) is 25.8 Å². The smallest absolute Gasteiger partial charge is 0.246 e. The van der Waals surface area contributed by atoms with Crippen LogP contribution in [0.2, 0.25) is 10.0 Å². The first-order valence-corrected chi connectivity index (χ1v) is 8.01. The van der Waals surface area contributed by atoms with E-state index in [0.29, 0.717) is 34.3 Å². The minimum Gasteiger partial charge on any atom is -0.356 e. The average Bonchev–Trinajstić information content (AvgIpc) is 2.94. The van der Waals surface area contributed by atoms with Crippen molar-refractivity contribution in [3.05, 3.63) is 45.5 Å². The molecule has 0 fully saturated rings. The second-order valence-corrected chi connectivity index (χ2v) is 5.77. The minimum absolute atomic E-state index is 0.434. The van der Waals surface area contributed by atoms with Gasteiger partial charge in [0.2, 0.25) is 5.89 Å². The van der Waals surface area contributed by atoms with Gasteiger partial charge >= 0.3 is 0 Å². The van der Waals surface area contributed by atoms with Crippen LogP contribution < -0.4 is 10.6 Å². The van der Waals surface area contributed by atoms with E-state index in [-0.39, 0.29) is 0 Å². The molecule has 0 atom stereocenters. The van der Waals surface area contributed by atoms with Crippen molar-refractivity contribution < 1.29 is 4.52 Å². The van der Waals surface area contributed by atoms with Crippen LogP contribution in [-0.2, 0) is 13.0 Å². The van der Waals surface area contributed by atoms with Gasteiger partial charge in [0.1, 0.15) is 0 Å². The summed E-state index contributed by atoms with van der Waals surface area (Å²) in [5.41, 5.74) is 1.09. The second-order valence-electron chi connectivity index (χ2n) is 4.93. The van der Waals surface area contributed by atoms with Crippen molar-refractivity contribution in [2.75, 3.05) is 13.6 Å². The van der Waals surface area contributed by atoms with Crippen molar-refractivity contribution in [1.82, 2.24) is 20.8 Å². The molecule has 1 aromatic heterocycles. The van der Waals surface area contributed by atoms with Gasteiger partial charge < -0.3 is 15.2 Å². The Balaban J connectivity index is 1.71. The van der Waals surface area contributed by atoms with Crippen LogP contribution in [0.4, 0.5) is 0 Å². The summed E-state index contributed by atoms with van der Waals surface area (Å²) in [5, 5.41) is 11.4. The number of guanidine groups is 1. The lowest BCUT2D eigenvalue weighted by Gasteiger charge is -2.10. The molecule has 0 aliphatic rings. The fourth-order valence-electron chi connectivity index (χ4n) is 2.00. The quantitative estimate of drug-likeness (QED) is 0.473. The van der Waals surface area contributed by atoms with E-state index in [1.165, 1.54) is 0 Å². The standard InChI is InChI=1S/C15H19Cl2N5O/c1-10-21-14(23-22-10)9-20-15(18-2)19-7-3-4-11-5-6-12(16)8-13(11)17/h5-6,8H,3-4,7,9H2,1-2H3,(H2,18,19,20). The average molecular weight is 356 g/mol. The van der Waals surface area contributed by atoms with Crippen molar-refractivity contribution in [1.29, 1.82) is 0 Å². The maximum Gasteiger partial charge on any atom is 0.246 e. The van der Waals surface area contributed by atoms with E-state index < -0.39 is 0 Å². The van der Waals surface area contributed by atoms with E-state index in [4.69, 9.17) is 27.7 Å². The molecule has 0 saturated heterocycles. The van der Waals surface area contributed by atoms with E-state index in [1.54, 1.807) is 20.0 Å². The highest BCUT2D eigenvalue weighted by Crippen LogP contribution is 2.21. The minimum atomic E-state index is 0.434. The zero-order chi connectivity index (χ0) is 16.7. The van der Waals surface area contributed by atoms with Crippen LogP contribution in [0, 0.1) is 6.92 Å². The number of hydrogen-bond donors (Lipinski definition) is 2. The van der Waals surface area contributed by atoms with E-state index >= 15 is 0 Å². The zero-order valence-electron chi connectivity index (χ0n) is 13.1. The van der Waals surface area contributed by atoms with Gasteiger partial charge in [0, 0.05) is 23.6 Å². The maximum absolute atomic E-state index is 6.15. The SMILES string of the molecule is CN=C(NCCCc1ccc(Cl)cc1Cl)NCc1nc(C)no1. The summed E-state index contributed by atoms with van der Waals surface area (Å²) in [5.74, 6) is 1.83. The van der Waals surface area contributed by atoms with Crippen molar-refractivity contribution in [2.45, 2.75) is 26.3 Å². The Bertz CT molecular complexity index is 672. The lowest BCUT2D eigenvalue weighted by Crippen LogP contribution is -2.37. The largest absolute Gasteiger partial charge is 0.356 e. The summed E-state index contributed by atoms with van der Waals surface area (Å²) in [4.78, 5) is 8.27. The predicted molar refractivity (Wildman–Crippen MR) is 92.0 cm³/mol. The molecule has 8 heteroatoms. The Labute approximate surface area is 145 Å². The summed E-state index contributed by atoms with van der Waals surface area (Å²) in [6.07, 6.45) is 1.78. The van der Waals surface area contributed by atoms with Gasteiger partial charge in [-0.3, -0.25) is 4.99 Å². The molecule has 0 radical (unpaired) electrons. The Morgan fingerprint density at radius 3 is 2.78 bits per heavy atom. The summed E-state index contributed by atoms with van der Waals surface area (Å²) < 4.78 is 5.03. The number of nitrogens with one attached hydrogen (secondary N) is 2. The van der Waals surface area contributed by atoms with Crippen molar-refractivity contribution in [3.63, 3.8) is 0 Å².